The number of carbonyl (C=O) groups excluding carboxylic acids is 3. The number of imide groups is 1. The Bertz CT molecular complexity index is 860. The Kier molecular flexibility index (Phi) is 4.07. The maximum absolute atomic E-state index is 12.6. The molecule has 1 atom stereocenters. The summed E-state index contributed by atoms with van der Waals surface area (Å²) in [5.41, 5.74) is 0.231. The highest BCUT2D eigenvalue weighted by Gasteiger charge is 2.44. The fourth-order valence-electron chi connectivity index (χ4n) is 2.93. The Morgan fingerprint density at radius 1 is 0.960 bits per heavy atom. The zero-order chi connectivity index (χ0) is 18.4. The van der Waals surface area contributed by atoms with E-state index < -0.39 is 27.9 Å². The quantitative estimate of drug-likeness (QED) is 0.748. The van der Waals surface area contributed by atoms with Gasteiger partial charge in [0, 0.05) is 19.3 Å². The van der Waals surface area contributed by atoms with Crippen LogP contribution in [0.15, 0.2) is 29.2 Å². The Morgan fingerprint density at radius 2 is 1.52 bits per heavy atom. The molecule has 2 heterocycles. The molecule has 0 aliphatic carbocycles. The minimum atomic E-state index is -4.33. The maximum atomic E-state index is 12.6. The highest BCUT2D eigenvalue weighted by molar-refractivity contribution is 7.89. The Morgan fingerprint density at radius 3 is 2.04 bits per heavy atom. The van der Waals surface area contributed by atoms with E-state index in [-0.39, 0.29) is 48.1 Å². The molecule has 0 radical (unpaired) electrons. The summed E-state index contributed by atoms with van der Waals surface area (Å²) in [6.45, 7) is 0. The first kappa shape index (κ1) is 17.1. The number of aliphatic carboxylic acids is 1. The Labute approximate surface area is 142 Å². The number of carboxylic acid groups (broad SMARTS) is 1. The molecule has 9 nitrogen and oxygen atoms in total. The van der Waals surface area contributed by atoms with E-state index in [1.165, 1.54) is 12.1 Å². The second kappa shape index (κ2) is 5.96. The molecule has 2 aliphatic heterocycles. The van der Waals surface area contributed by atoms with Crippen molar-refractivity contribution in [3.8, 4) is 0 Å². The van der Waals surface area contributed by atoms with E-state index in [0.717, 1.165) is 17.0 Å². The predicted molar refractivity (Wildman–Crippen MR) is 82.9 cm³/mol. The average molecular weight is 366 g/mol. The van der Waals surface area contributed by atoms with Crippen LogP contribution in [0.2, 0.25) is 0 Å². The minimum absolute atomic E-state index is 0.0811. The Hall–Kier alpha value is -2.75. The van der Waals surface area contributed by atoms with Gasteiger partial charge in [0.1, 0.15) is 6.04 Å². The molecule has 132 valence electrons. The first-order chi connectivity index (χ1) is 11.7. The van der Waals surface area contributed by atoms with Gasteiger partial charge in [0.2, 0.25) is 17.7 Å². The SMILES string of the molecule is O=C(O)C1CCC(=O)N1S(=O)(=O)c1ccc(N2C(=O)CCC2=O)cc1. The van der Waals surface area contributed by atoms with Gasteiger partial charge in [0.05, 0.1) is 10.6 Å². The van der Waals surface area contributed by atoms with Crippen molar-refractivity contribution in [3.63, 3.8) is 0 Å². The molecule has 2 saturated heterocycles. The van der Waals surface area contributed by atoms with Crippen molar-refractivity contribution in [1.82, 2.24) is 4.31 Å². The summed E-state index contributed by atoms with van der Waals surface area (Å²) in [4.78, 5) is 47.2. The van der Waals surface area contributed by atoms with Gasteiger partial charge in [-0.15, -0.1) is 0 Å². The van der Waals surface area contributed by atoms with Crippen molar-refractivity contribution in [3.05, 3.63) is 24.3 Å². The van der Waals surface area contributed by atoms with E-state index in [4.69, 9.17) is 5.11 Å². The van der Waals surface area contributed by atoms with Gasteiger partial charge in [-0.1, -0.05) is 0 Å². The van der Waals surface area contributed by atoms with Crippen molar-refractivity contribution >= 4 is 39.4 Å². The van der Waals surface area contributed by atoms with Gasteiger partial charge in [0.25, 0.3) is 10.0 Å². The van der Waals surface area contributed by atoms with Crippen molar-refractivity contribution in [2.24, 2.45) is 0 Å². The first-order valence-electron chi connectivity index (χ1n) is 7.49. The molecular weight excluding hydrogens is 352 g/mol. The van der Waals surface area contributed by atoms with E-state index in [9.17, 15) is 27.6 Å². The number of carbonyl (C=O) groups is 4. The van der Waals surface area contributed by atoms with Crippen LogP contribution in [0.5, 0.6) is 0 Å². The second-order valence-electron chi connectivity index (χ2n) is 5.70. The summed E-state index contributed by atoms with van der Waals surface area (Å²) in [5, 5.41) is 9.12. The number of benzene rings is 1. The lowest BCUT2D eigenvalue weighted by Crippen LogP contribution is -2.42. The van der Waals surface area contributed by atoms with Crippen LogP contribution in [0, 0.1) is 0 Å². The van der Waals surface area contributed by atoms with Gasteiger partial charge in [0.15, 0.2) is 0 Å². The lowest BCUT2D eigenvalue weighted by molar-refractivity contribution is -0.143. The molecule has 1 aromatic carbocycles. The summed E-state index contributed by atoms with van der Waals surface area (Å²) in [6.07, 6.45) is -0.0454. The second-order valence-corrected chi connectivity index (χ2v) is 7.52. The number of carboxylic acids is 1. The van der Waals surface area contributed by atoms with Gasteiger partial charge in [-0.3, -0.25) is 19.3 Å². The van der Waals surface area contributed by atoms with Gasteiger partial charge >= 0.3 is 5.97 Å². The highest BCUT2D eigenvalue weighted by Crippen LogP contribution is 2.29. The standard InChI is InChI=1S/C15H14N2O7S/c18-12-7-8-13(19)16(12)9-1-3-10(4-2-9)25(23,24)17-11(15(21)22)5-6-14(17)20/h1-4,11H,5-8H2,(H,21,22). The number of sulfonamides is 1. The molecule has 10 heteroatoms. The molecule has 2 aliphatic rings. The summed E-state index contributed by atoms with van der Waals surface area (Å²) >= 11 is 0. The lowest BCUT2D eigenvalue weighted by atomic mass is 10.2. The van der Waals surface area contributed by atoms with Crippen molar-refractivity contribution in [2.75, 3.05) is 4.90 Å². The molecular formula is C15H14N2O7S. The number of amides is 3. The topological polar surface area (TPSA) is 129 Å². The molecule has 1 N–H and O–H groups in total. The third kappa shape index (κ3) is 2.78. The third-order valence-electron chi connectivity index (χ3n) is 4.15. The smallest absolute Gasteiger partial charge is 0.327 e. The number of nitrogens with zero attached hydrogens (tertiary/aromatic N) is 2. The Balaban J connectivity index is 1.93. The lowest BCUT2D eigenvalue weighted by Gasteiger charge is -2.22. The van der Waals surface area contributed by atoms with Crippen LogP contribution in [0.25, 0.3) is 0 Å². The van der Waals surface area contributed by atoms with Crippen molar-refractivity contribution in [2.45, 2.75) is 36.6 Å². The number of hydrogen-bond acceptors (Lipinski definition) is 6. The minimum Gasteiger partial charge on any atom is -0.480 e. The molecule has 3 amide bonds. The zero-order valence-electron chi connectivity index (χ0n) is 12.9. The predicted octanol–water partition coefficient (Wildman–Crippen LogP) is 0.104. The largest absolute Gasteiger partial charge is 0.480 e. The summed E-state index contributed by atoms with van der Waals surface area (Å²) in [5.74, 6) is -2.91. The van der Waals surface area contributed by atoms with E-state index >= 15 is 0 Å². The van der Waals surface area contributed by atoms with E-state index in [0.29, 0.717) is 4.31 Å². The monoisotopic (exact) mass is 366 g/mol. The number of hydrogen-bond donors (Lipinski definition) is 1. The molecule has 1 aromatic rings. The highest BCUT2D eigenvalue weighted by atomic mass is 32.2. The van der Waals surface area contributed by atoms with Crippen LogP contribution in [0.1, 0.15) is 25.7 Å². The van der Waals surface area contributed by atoms with Crippen LogP contribution in [-0.2, 0) is 29.2 Å². The fraction of sp³-hybridized carbons (Fsp3) is 0.333. The molecule has 0 spiro atoms. The van der Waals surface area contributed by atoms with Crippen LogP contribution in [0.3, 0.4) is 0 Å². The third-order valence-corrected chi connectivity index (χ3v) is 5.99. The molecule has 2 fully saturated rings. The average Bonchev–Trinajstić information content (AvgIpc) is 3.11. The van der Waals surface area contributed by atoms with E-state index in [1.54, 1.807) is 0 Å². The van der Waals surface area contributed by atoms with Gasteiger partial charge in [-0.05, 0) is 30.7 Å². The van der Waals surface area contributed by atoms with Crippen LogP contribution >= 0.6 is 0 Å². The molecule has 3 rings (SSSR count). The van der Waals surface area contributed by atoms with Crippen molar-refractivity contribution in [1.29, 1.82) is 0 Å². The molecule has 1 unspecified atom stereocenters. The van der Waals surface area contributed by atoms with Crippen LogP contribution in [-0.4, -0.2) is 47.6 Å². The fourth-order valence-corrected chi connectivity index (χ4v) is 4.53. The summed E-state index contributed by atoms with van der Waals surface area (Å²) < 4.78 is 25.6. The van der Waals surface area contributed by atoms with Crippen LogP contribution in [0.4, 0.5) is 5.69 Å². The van der Waals surface area contributed by atoms with Crippen LogP contribution < -0.4 is 4.90 Å². The van der Waals surface area contributed by atoms with Gasteiger partial charge in [-0.2, -0.15) is 0 Å². The van der Waals surface area contributed by atoms with E-state index in [2.05, 4.69) is 0 Å². The molecule has 25 heavy (non-hydrogen) atoms. The first-order valence-corrected chi connectivity index (χ1v) is 8.93. The number of anilines is 1. The molecule has 0 bridgehead atoms. The molecule has 0 aromatic heterocycles. The molecule has 0 saturated carbocycles. The van der Waals surface area contributed by atoms with E-state index in [1.807, 2.05) is 0 Å². The van der Waals surface area contributed by atoms with Gasteiger partial charge in [-0.25, -0.2) is 17.5 Å². The van der Waals surface area contributed by atoms with Crippen molar-refractivity contribution < 1.29 is 32.7 Å². The maximum Gasteiger partial charge on any atom is 0.327 e. The normalized spacial score (nSPS) is 21.3. The van der Waals surface area contributed by atoms with Gasteiger partial charge < -0.3 is 5.11 Å². The number of rotatable bonds is 4. The summed E-state index contributed by atoms with van der Waals surface area (Å²) in [6, 6.07) is 3.43. The summed E-state index contributed by atoms with van der Waals surface area (Å²) in [7, 11) is -4.33. The zero-order valence-corrected chi connectivity index (χ0v) is 13.7.